The summed E-state index contributed by atoms with van der Waals surface area (Å²) >= 11 is 0. The van der Waals surface area contributed by atoms with Crippen molar-refractivity contribution < 1.29 is 22.3 Å². The Balaban J connectivity index is 1.90. The van der Waals surface area contributed by atoms with Gasteiger partial charge in [0.2, 0.25) is 10.0 Å². The van der Waals surface area contributed by atoms with Crippen molar-refractivity contribution in [3.05, 3.63) is 53.8 Å². The summed E-state index contributed by atoms with van der Waals surface area (Å²) in [5, 5.41) is 2.66. The van der Waals surface area contributed by atoms with Gasteiger partial charge in [-0.05, 0) is 30.3 Å². The van der Waals surface area contributed by atoms with Crippen LogP contribution in [0.25, 0.3) is 0 Å². The first-order chi connectivity index (χ1) is 13.3. The van der Waals surface area contributed by atoms with Crippen LogP contribution in [0.2, 0.25) is 0 Å². The molecule has 0 bridgehead atoms. The number of benzene rings is 2. The van der Waals surface area contributed by atoms with E-state index in [1.54, 1.807) is 12.1 Å². The van der Waals surface area contributed by atoms with Crippen LogP contribution in [0.3, 0.4) is 0 Å². The number of morpholine rings is 1. The molecule has 1 N–H and O–H groups in total. The Bertz CT molecular complexity index is 973. The van der Waals surface area contributed by atoms with Gasteiger partial charge in [-0.2, -0.15) is 4.31 Å². The molecule has 150 valence electrons. The molecule has 1 aliphatic heterocycles. The number of halogens is 1. The summed E-state index contributed by atoms with van der Waals surface area (Å²) in [6.45, 7) is 1.04. The molecular weight excluding hydrogens is 385 g/mol. The maximum atomic E-state index is 14.3. The number of nitrogens with zero attached hydrogens (tertiary/aromatic N) is 2. The average Bonchev–Trinajstić information content (AvgIpc) is 2.69. The molecule has 28 heavy (non-hydrogen) atoms. The van der Waals surface area contributed by atoms with Crippen LogP contribution < -0.4 is 10.2 Å². The third-order valence-electron chi connectivity index (χ3n) is 4.42. The number of amides is 1. The quantitative estimate of drug-likeness (QED) is 0.822. The molecule has 3 rings (SSSR count). The first-order valence-corrected chi connectivity index (χ1v) is 10.2. The van der Waals surface area contributed by atoms with Crippen molar-refractivity contribution >= 4 is 27.3 Å². The minimum atomic E-state index is -3.83. The molecule has 0 aliphatic carbocycles. The second kappa shape index (κ2) is 8.26. The van der Waals surface area contributed by atoms with Gasteiger partial charge < -0.3 is 15.0 Å². The normalized spacial score (nSPS) is 15.2. The van der Waals surface area contributed by atoms with Gasteiger partial charge in [-0.15, -0.1) is 0 Å². The lowest BCUT2D eigenvalue weighted by molar-refractivity contribution is 0.0730. The summed E-state index contributed by atoms with van der Waals surface area (Å²) in [5.74, 6) is -1.51. The van der Waals surface area contributed by atoms with Crippen LogP contribution in [0.4, 0.5) is 15.8 Å². The van der Waals surface area contributed by atoms with E-state index in [0.29, 0.717) is 18.9 Å². The van der Waals surface area contributed by atoms with Crippen LogP contribution in [-0.2, 0) is 14.8 Å². The third-order valence-corrected chi connectivity index (χ3v) is 6.32. The van der Waals surface area contributed by atoms with Crippen LogP contribution in [0.15, 0.2) is 47.4 Å². The molecule has 1 amide bonds. The standard InChI is InChI=1S/C19H22FN3O4S/c1-22(2)18-6-4-3-5-17(18)21-19(24)15-13-14(7-8-16(15)20)28(25,26)23-9-11-27-12-10-23/h3-8,13H,9-12H2,1-2H3,(H,21,24). The number of rotatable bonds is 5. The van der Waals surface area contributed by atoms with Crippen molar-refractivity contribution in [2.75, 3.05) is 50.6 Å². The van der Waals surface area contributed by atoms with Gasteiger partial charge >= 0.3 is 0 Å². The van der Waals surface area contributed by atoms with Gasteiger partial charge in [-0.25, -0.2) is 12.8 Å². The number of para-hydroxylation sites is 2. The monoisotopic (exact) mass is 407 g/mol. The predicted molar refractivity (Wildman–Crippen MR) is 105 cm³/mol. The first kappa shape index (κ1) is 20.2. The summed E-state index contributed by atoms with van der Waals surface area (Å²) in [6, 6.07) is 10.3. The number of sulfonamides is 1. The van der Waals surface area contributed by atoms with Gasteiger partial charge in [0.15, 0.2) is 0 Å². The van der Waals surface area contributed by atoms with Gasteiger partial charge in [0, 0.05) is 27.2 Å². The zero-order valence-corrected chi connectivity index (χ0v) is 16.5. The molecule has 1 heterocycles. The first-order valence-electron chi connectivity index (χ1n) is 8.76. The van der Waals surface area contributed by atoms with E-state index < -0.39 is 21.7 Å². The topological polar surface area (TPSA) is 79.0 Å². The van der Waals surface area contributed by atoms with E-state index in [0.717, 1.165) is 17.8 Å². The van der Waals surface area contributed by atoms with Crippen molar-refractivity contribution in [1.82, 2.24) is 4.31 Å². The van der Waals surface area contributed by atoms with Gasteiger partial charge in [-0.1, -0.05) is 12.1 Å². The van der Waals surface area contributed by atoms with E-state index in [-0.39, 0.29) is 23.5 Å². The molecule has 0 spiro atoms. The van der Waals surface area contributed by atoms with Crippen LogP contribution >= 0.6 is 0 Å². The molecule has 0 radical (unpaired) electrons. The predicted octanol–water partition coefficient (Wildman–Crippen LogP) is 2.16. The Morgan fingerprint density at radius 2 is 1.82 bits per heavy atom. The highest BCUT2D eigenvalue weighted by molar-refractivity contribution is 7.89. The van der Waals surface area contributed by atoms with E-state index >= 15 is 0 Å². The Kier molecular flexibility index (Phi) is 5.97. The summed E-state index contributed by atoms with van der Waals surface area (Å²) in [4.78, 5) is 14.4. The number of hydrogen-bond acceptors (Lipinski definition) is 5. The maximum Gasteiger partial charge on any atom is 0.258 e. The molecule has 0 unspecified atom stereocenters. The SMILES string of the molecule is CN(C)c1ccccc1NC(=O)c1cc(S(=O)(=O)N2CCOCC2)ccc1F. The number of anilines is 2. The summed E-state index contributed by atoms with van der Waals surface area (Å²) in [6.07, 6.45) is 0. The van der Waals surface area contributed by atoms with E-state index in [1.165, 1.54) is 10.4 Å². The fraction of sp³-hybridized carbons (Fsp3) is 0.316. The highest BCUT2D eigenvalue weighted by Crippen LogP contribution is 2.25. The van der Waals surface area contributed by atoms with Crippen LogP contribution in [-0.4, -0.2) is 59.0 Å². The van der Waals surface area contributed by atoms with Crippen molar-refractivity contribution in [3.8, 4) is 0 Å². The lowest BCUT2D eigenvalue weighted by Crippen LogP contribution is -2.40. The summed E-state index contributed by atoms with van der Waals surface area (Å²) in [7, 11) is -0.190. The lowest BCUT2D eigenvalue weighted by Gasteiger charge is -2.26. The molecule has 2 aromatic carbocycles. The van der Waals surface area contributed by atoms with Gasteiger partial charge in [-0.3, -0.25) is 4.79 Å². The Morgan fingerprint density at radius 3 is 2.50 bits per heavy atom. The van der Waals surface area contributed by atoms with Gasteiger partial charge in [0.1, 0.15) is 5.82 Å². The molecule has 1 fully saturated rings. The van der Waals surface area contributed by atoms with E-state index in [2.05, 4.69) is 5.32 Å². The van der Waals surface area contributed by atoms with Gasteiger partial charge in [0.05, 0.1) is 35.0 Å². The Morgan fingerprint density at radius 1 is 1.14 bits per heavy atom. The fourth-order valence-corrected chi connectivity index (χ4v) is 4.37. The van der Waals surface area contributed by atoms with Crippen molar-refractivity contribution in [2.24, 2.45) is 0 Å². The van der Waals surface area contributed by atoms with E-state index in [1.807, 2.05) is 31.1 Å². The van der Waals surface area contributed by atoms with Gasteiger partial charge in [0.25, 0.3) is 5.91 Å². The largest absolute Gasteiger partial charge is 0.379 e. The smallest absolute Gasteiger partial charge is 0.258 e. The highest BCUT2D eigenvalue weighted by atomic mass is 32.2. The Hall–Kier alpha value is -2.49. The number of nitrogens with one attached hydrogen (secondary N) is 1. The zero-order valence-electron chi connectivity index (χ0n) is 15.7. The maximum absolute atomic E-state index is 14.3. The molecule has 1 aliphatic rings. The van der Waals surface area contributed by atoms with E-state index in [9.17, 15) is 17.6 Å². The molecule has 0 saturated carbocycles. The highest BCUT2D eigenvalue weighted by Gasteiger charge is 2.28. The second-order valence-electron chi connectivity index (χ2n) is 6.52. The molecule has 1 saturated heterocycles. The summed E-state index contributed by atoms with van der Waals surface area (Å²) < 4.78 is 46.3. The fourth-order valence-electron chi connectivity index (χ4n) is 2.93. The molecule has 7 nitrogen and oxygen atoms in total. The number of ether oxygens (including phenoxy) is 1. The zero-order chi connectivity index (χ0) is 20.3. The van der Waals surface area contributed by atoms with Crippen molar-refractivity contribution in [2.45, 2.75) is 4.90 Å². The average molecular weight is 407 g/mol. The number of hydrogen-bond donors (Lipinski definition) is 1. The van der Waals surface area contributed by atoms with Crippen LogP contribution in [0.1, 0.15) is 10.4 Å². The molecule has 0 aromatic heterocycles. The van der Waals surface area contributed by atoms with Crippen molar-refractivity contribution in [3.63, 3.8) is 0 Å². The second-order valence-corrected chi connectivity index (χ2v) is 8.46. The molecule has 9 heteroatoms. The molecule has 0 atom stereocenters. The van der Waals surface area contributed by atoms with Crippen molar-refractivity contribution in [1.29, 1.82) is 0 Å². The minimum Gasteiger partial charge on any atom is -0.379 e. The van der Waals surface area contributed by atoms with Crippen LogP contribution in [0, 0.1) is 5.82 Å². The lowest BCUT2D eigenvalue weighted by atomic mass is 10.2. The number of carbonyl (C=O) groups excluding carboxylic acids is 1. The Labute approximate surface area is 163 Å². The molecular formula is C19H22FN3O4S. The van der Waals surface area contributed by atoms with Crippen LogP contribution in [0.5, 0.6) is 0 Å². The minimum absolute atomic E-state index is 0.123. The van der Waals surface area contributed by atoms with E-state index in [4.69, 9.17) is 4.74 Å². The third kappa shape index (κ3) is 4.16. The molecule has 2 aromatic rings. The number of carbonyl (C=O) groups is 1. The summed E-state index contributed by atoms with van der Waals surface area (Å²) in [5.41, 5.74) is 0.912.